The summed E-state index contributed by atoms with van der Waals surface area (Å²) in [6, 6.07) is 17.2. The molecule has 0 aromatic heterocycles. The molecule has 1 amide bonds. The lowest BCUT2D eigenvalue weighted by atomic mass is 10.1. The average Bonchev–Trinajstić information content (AvgIpc) is 2.69. The van der Waals surface area contributed by atoms with Crippen LogP contribution < -0.4 is 9.46 Å². The van der Waals surface area contributed by atoms with Crippen molar-refractivity contribution < 1.29 is 17.9 Å². The highest BCUT2D eigenvalue weighted by Gasteiger charge is 2.21. The van der Waals surface area contributed by atoms with E-state index < -0.39 is 10.0 Å². The van der Waals surface area contributed by atoms with E-state index in [9.17, 15) is 13.2 Å². The molecule has 0 atom stereocenters. The number of rotatable bonds is 6. The van der Waals surface area contributed by atoms with Gasteiger partial charge in [0.2, 0.25) is 0 Å². The smallest absolute Gasteiger partial charge is 0.286 e. The van der Waals surface area contributed by atoms with E-state index in [1.165, 1.54) is 11.0 Å². The number of ether oxygens (including phenoxy) is 1. The van der Waals surface area contributed by atoms with Crippen molar-refractivity contribution in [2.24, 2.45) is 0 Å². The van der Waals surface area contributed by atoms with Crippen molar-refractivity contribution in [2.45, 2.75) is 16.7 Å². The first-order valence-corrected chi connectivity index (χ1v) is 11.3. The van der Waals surface area contributed by atoms with Crippen LogP contribution in [0.4, 0.5) is 10.5 Å². The Balaban J connectivity index is 2.02. The van der Waals surface area contributed by atoms with Crippen LogP contribution in [-0.4, -0.2) is 39.3 Å². The molecule has 0 aliphatic heterocycles. The first-order valence-electron chi connectivity index (χ1n) is 8.99. The zero-order chi connectivity index (χ0) is 21.0. The lowest BCUT2D eigenvalue weighted by molar-refractivity contribution is 0.241. The Bertz CT molecular complexity index is 1140. The van der Waals surface area contributed by atoms with Gasteiger partial charge in [-0.15, -0.1) is 0 Å². The van der Waals surface area contributed by atoms with Crippen LogP contribution in [0, 0.1) is 0 Å². The molecule has 6 nitrogen and oxygen atoms in total. The van der Waals surface area contributed by atoms with E-state index in [2.05, 4.69) is 4.72 Å². The number of hydrogen-bond acceptors (Lipinski definition) is 5. The summed E-state index contributed by atoms with van der Waals surface area (Å²) in [5, 5.41) is 1.10. The van der Waals surface area contributed by atoms with E-state index in [4.69, 9.17) is 4.74 Å². The molecule has 0 aliphatic rings. The molecule has 0 bridgehead atoms. The predicted octanol–water partition coefficient (Wildman–Crippen LogP) is 4.81. The molecule has 0 unspecified atom stereocenters. The van der Waals surface area contributed by atoms with Gasteiger partial charge in [0.25, 0.3) is 15.3 Å². The molecule has 3 aromatic carbocycles. The highest BCUT2D eigenvalue weighted by molar-refractivity contribution is 8.13. The molecule has 3 aromatic rings. The molecule has 0 fully saturated rings. The largest absolute Gasteiger partial charge is 0.493 e. The zero-order valence-corrected chi connectivity index (χ0v) is 18.0. The van der Waals surface area contributed by atoms with Gasteiger partial charge in [-0.2, -0.15) is 0 Å². The normalized spacial score (nSPS) is 11.3. The minimum Gasteiger partial charge on any atom is -0.493 e. The molecule has 1 N–H and O–H groups in total. The van der Waals surface area contributed by atoms with Crippen molar-refractivity contribution in [1.82, 2.24) is 4.90 Å². The highest BCUT2D eigenvalue weighted by atomic mass is 32.2. The predicted molar refractivity (Wildman–Crippen MR) is 117 cm³/mol. The lowest BCUT2D eigenvalue weighted by Crippen LogP contribution is -2.17. The van der Waals surface area contributed by atoms with E-state index in [-0.39, 0.29) is 10.1 Å². The van der Waals surface area contributed by atoms with Gasteiger partial charge in [-0.05, 0) is 43.0 Å². The summed E-state index contributed by atoms with van der Waals surface area (Å²) in [5.41, 5.74) is 0.352. The number of thioether (sulfide) groups is 1. The second-order valence-electron chi connectivity index (χ2n) is 6.40. The summed E-state index contributed by atoms with van der Waals surface area (Å²) < 4.78 is 34.7. The lowest BCUT2D eigenvalue weighted by Gasteiger charge is -2.16. The first-order chi connectivity index (χ1) is 13.8. The number of carbonyl (C=O) groups excluding carboxylic acids is 1. The molecule has 0 radical (unpaired) electrons. The fourth-order valence-electron chi connectivity index (χ4n) is 2.78. The van der Waals surface area contributed by atoms with E-state index in [1.54, 1.807) is 56.6 Å². The summed E-state index contributed by atoms with van der Waals surface area (Å²) in [6.45, 7) is 2.36. The zero-order valence-electron chi connectivity index (χ0n) is 16.4. The third kappa shape index (κ3) is 4.65. The fraction of sp³-hybridized carbons (Fsp3) is 0.190. The standard InChI is InChI=1S/C21H22N2O4S2/c1-4-27-18-13-14-20(16-10-6-5-9-15(16)18)29(25,26)22-17-11-7-8-12-19(17)28-21(24)23(2)3/h5-14,22H,4H2,1-3H3. The number of carbonyl (C=O) groups is 1. The molecule has 0 heterocycles. The van der Waals surface area contributed by atoms with Crippen LogP contribution in [0.25, 0.3) is 10.8 Å². The van der Waals surface area contributed by atoms with Crippen molar-refractivity contribution in [3.05, 3.63) is 60.7 Å². The minimum absolute atomic E-state index is 0.148. The van der Waals surface area contributed by atoms with Gasteiger partial charge in [-0.25, -0.2) is 8.42 Å². The van der Waals surface area contributed by atoms with Crippen LogP contribution in [0.15, 0.2) is 70.5 Å². The monoisotopic (exact) mass is 430 g/mol. The SMILES string of the molecule is CCOc1ccc(S(=O)(=O)Nc2ccccc2SC(=O)N(C)C)c2ccccc12. The highest BCUT2D eigenvalue weighted by Crippen LogP contribution is 2.34. The second-order valence-corrected chi connectivity index (χ2v) is 9.05. The molecule has 0 saturated carbocycles. The van der Waals surface area contributed by atoms with E-state index in [0.717, 1.165) is 17.1 Å². The Morgan fingerprint density at radius 1 is 1.00 bits per heavy atom. The van der Waals surface area contributed by atoms with Gasteiger partial charge < -0.3 is 9.64 Å². The quantitative estimate of drug-likeness (QED) is 0.568. The van der Waals surface area contributed by atoms with Gasteiger partial charge in [0.1, 0.15) is 5.75 Å². The van der Waals surface area contributed by atoms with Crippen LogP contribution in [0.1, 0.15) is 6.92 Å². The average molecular weight is 431 g/mol. The topological polar surface area (TPSA) is 75.7 Å². The molecule has 3 rings (SSSR count). The molecule has 152 valence electrons. The van der Waals surface area contributed by atoms with Crippen molar-refractivity contribution in [2.75, 3.05) is 25.4 Å². The van der Waals surface area contributed by atoms with Crippen LogP contribution in [0.5, 0.6) is 5.75 Å². The van der Waals surface area contributed by atoms with Crippen LogP contribution >= 0.6 is 11.8 Å². The summed E-state index contributed by atoms with van der Waals surface area (Å²) in [7, 11) is -0.600. The number of hydrogen-bond donors (Lipinski definition) is 1. The number of nitrogens with zero attached hydrogens (tertiary/aromatic N) is 1. The molecule has 0 aliphatic carbocycles. The third-order valence-electron chi connectivity index (χ3n) is 4.13. The molecule has 0 spiro atoms. The number of amides is 1. The maximum atomic E-state index is 13.2. The van der Waals surface area contributed by atoms with Crippen LogP contribution in [0.3, 0.4) is 0 Å². The summed E-state index contributed by atoms with van der Waals surface area (Å²) >= 11 is 0.967. The van der Waals surface area contributed by atoms with Crippen LogP contribution in [-0.2, 0) is 10.0 Å². The molecule has 0 saturated heterocycles. The van der Waals surface area contributed by atoms with Gasteiger partial charge in [0, 0.05) is 29.8 Å². The van der Waals surface area contributed by atoms with Crippen molar-refractivity contribution in [1.29, 1.82) is 0 Å². The Labute approximate surface area is 174 Å². The number of sulfonamides is 1. The Morgan fingerprint density at radius 2 is 1.66 bits per heavy atom. The second kappa shape index (κ2) is 8.75. The van der Waals surface area contributed by atoms with Crippen molar-refractivity contribution >= 4 is 43.5 Å². The molecular weight excluding hydrogens is 408 g/mol. The number of anilines is 1. The Hall–Kier alpha value is -2.71. The van der Waals surface area contributed by atoms with Gasteiger partial charge in [-0.1, -0.05) is 36.4 Å². The maximum Gasteiger partial charge on any atom is 0.286 e. The van der Waals surface area contributed by atoms with Crippen molar-refractivity contribution in [3.8, 4) is 5.75 Å². The molecular formula is C21H22N2O4S2. The number of benzene rings is 3. The maximum absolute atomic E-state index is 13.2. The minimum atomic E-state index is -3.89. The number of nitrogens with one attached hydrogen (secondary N) is 1. The summed E-state index contributed by atoms with van der Waals surface area (Å²) in [5.74, 6) is 0.634. The van der Waals surface area contributed by atoms with E-state index in [0.29, 0.717) is 28.3 Å². The summed E-state index contributed by atoms with van der Waals surface area (Å²) in [6.07, 6.45) is 0. The van der Waals surface area contributed by atoms with Crippen molar-refractivity contribution in [3.63, 3.8) is 0 Å². The van der Waals surface area contributed by atoms with Gasteiger partial charge >= 0.3 is 0 Å². The number of fused-ring (bicyclic) bond motifs is 1. The van der Waals surface area contributed by atoms with E-state index in [1.807, 2.05) is 19.1 Å². The molecule has 8 heteroatoms. The first kappa shape index (κ1) is 21.0. The van der Waals surface area contributed by atoms with Gasteiger partial charge in [0.15, 0.2) is 0 Å². The summed E-state index contributed by atoms with van der Waals surface area (Å²) in [4.78, 5) is 14.2. The fourth-order valence-corrected chi connectivity index (χ4v) is 4.89. The Kier molecular flexibility index (Phi) is 6.34. The van der Waals surface area contributed by atoms with Crippen LogP contribution in [0.2, 0.25) is 0 Å². The third-order valence-corrected chi connectivity index (χ3v) is 6.67. The number of para-hydroxylation sites is 1. The van der Waals surface area contributed by atoms with E-state index >= 15 is 0 Å². The Morgan fingerprint density at radius 3 is 2.34 bits per heavy atom. The van der Waals surface area contributed by atoms with Gasteiger partial charge in [-0.3, -0.25) is 9.52 Å². The molecule has 29 heavy (non-hydrogen) atoms. The van der Waals surface area contributed by atoms with Gasteiger partial charge in [0.05, 0.1) is 17.2 Å².